The number of anilines is 1. The largest absolute Gasteiger partial charge is 0.497 e. The van der Waals surface area contributed by atoms with Crippen LogP contribution in [0.4, 0.5) is 5.69 Å². The zero-order chi connectivity index (χ0) is 27.0. The molecule has 0 atom stereocenters. The first-order chi connectivity index (χ1) is 17.6. The number of hydrogen-bond acceptors (Lipinski definition) is 6. The van der Waals surface area contributed by atoms with Crippen molar-refractivity contribution in [3.05, 3.63) is 83.9 Å². The Balaban J connectivity index is 1.92. The molecule has 0 aliphatic carbocycles. The standard InChI is InChI=1S/C29H33NO6S/c1-21(2)18-19-36-27-16-8-23(20-28(27)35-5)9-17-29(31)30(24-10-12-25(34-4)13-11-24)37(32,33)26-14-6-22(3)7-15-26/h6-17,20-21H,18-19H2,1-5H3/b17-9+. The third kappa shape index (κ3) is 7.13. The second-order valence-corrected chi connectivity index (χ2v) is 10.7. The molecule has 0 aromatic heterocycles. The molecule has 0 aliphatic heterocycles. The van der Waals surface area contributed by atoms with Crippen molar-refractivity contribution in [2.75, 3.05) is 25.1 Å². The van der Waals surface area contributed by atoms with Gasteiger partial charge in [0, 0.05) is 6.08 Å². The van der Waals surface area contributed by atoms with Crippen LogP contribution in [0.1, 0.15) is 31.4 Å². The molecule has 0 heterocycles. The lowest BCUT2D eigenvalue weighted by Gasteiger charge is -2.21. The van der Waals surface area contributed by atoms with Crippen molar-refractivity contribution < 1.29 is 27.4 Å². The maximum atomic E-state index is 13.5. The molecular formula is C29H33NO6S. The summed E-state index contributed by atoms with van der Waals surface area (Å²) in [5.41, 5.74) is 1.76. The Kier molecular flexibility index (Phi) is 9.36. The third-order valence-electron chi connectivity index (χ3n) is 5.63. The molecule has 0 saturated heterocycles. The second kappa shape index (κ2) is 12.5. The predicted molar refractivity (Wildman–Crippen MR) is 146 cm³/mol. The molecule has 3 aromatic carbocycles. The summed E-state index contributed by atoms with van der Waals surface area (Å²) in [5, 5.41) is 0. The average molecular weight is 524 g/mol. The first-order valence-electron chi connectivity index (χ1n) is 11.9. The topological polar surface area (TPSA) is 82.1 Å². The minimum atomic E-state index is -4.18. The van der Waals surface area contributed by atoms with E-state index in [1.165, 1.54) is 37.5 Å². The van der Waals surface area contributed by atoms with Gasteiger partial charge in [-0.3, -0.25) is 4.79 Å². The van der Waals surface area contributed by atoms with Crippen LogP contribution >= 0.6 is 0 Å². The van der Waals surface area contributed by atoms with E-state index < -0.39 is 15.9 Å². The molecule has 7 nitrogen and oxygen atoms in total. The van der Waals surface area contributed by atoms with Gasteiger partial charge in [-0.1, -0.05) is 37.6 Å². The monoisotopic (exact) mass is 523 g/mol. The van der Waals surface area contributed by atoms with E-state index >= 15 is 0 Å². The molecule has 3 aromatic rings. The van der Waals surface area contributed by atoms with E-state index in [1.807, 2.05) is 6.92 Å². The van der Waals surface area contributed by atoms with Crippen LogP contribution in [0.15, 0.2) is 77.7 Å². The molecule has 0 radical (unpaired) electrons. The van der Waals surface area contributed by atoms with Crippen molar-refractivity contribution in [2.24, 2.45) is 5.92 Å². The number of amides is 1. The van der Waals surface area contributed by atoms with E-state index in [-0.39, 0.29) is 10.6 Å². The lowest BCUT2D eigenvalue weighted by atomic mass is 10.1. The maximum Gasteiger partial charge on any atom is 0.271 e. The molecule has 0 bridgehead atoms. The van der Waals surface area contributed by atoms with Crippen LogP contribution < -0.4 is 18.5 Å². The average Bonchev–Trinajstić information content (AvgIpc) is 2.88. The number of rotatable bonds is 11. The van der Waals surface area contributed by atoms with Gasteiger partial charge >= 0.3 is 0 Å². The SMILES string of the molecule is COc1ccc(N(C(=O)/C=C/c2ccc(OCCC(C)C)c(OC)c2)S(=O)(=O)c2ccc(C)cc2)cc1. The molecule has 0 fully saturated rings. The summed E-state index contributed by atoms with van der Waals surface area (Å²) in [5.74, 6) is 1.47. The van der Waals surface area contributed by atoms with Gasteiger partial charge in [0.2, 0.25) is 0 Å². The van der Waals surface area contributed by atoms with Crippen LogP contribution in [-0.4, -0.2) is 35.2 Å². The Hall–Kier alpha value is -3.78. The van der Waals surface area contributed by atoms with Crippen molar-refractivity contribution in [1.82, 2.24) is 0 Å². The van der Waals surface area contributed by atoms with E-state index in [2.05, 4.69) is 13.8 Å². The summed E-state index contributed by atoms with van der Waals surface area (Å²) in [6.07, 6.45) is 3.68. The fourth-order valence-electron chi connectivity index (χ4n) is 3.46. The van der Waals surface area contributed by atoms with Crippen LogP contribution in [0.2, 0.25) is 0 Å². The zero-order valence-electron chi connectivity index (χ0n) is 21.8. The summed E-state index contributed by atoms with van der Waals surface area (Å²) in [4.78, 5) is 13.4. The smallest absolute Gasteiger partial charge is 0.271 e. The Morgan fingerprint density at radius 2 is 1.59 bits per heavy atom. The van der Waals surface area contributed by atoms with E-state index in [0.717, 1.165) is 16.3 Å². The van der Waals surface area contributed by atoms with Gasteiger partial charge in [-0.2, -0.15) is 4.31 Å². The zero-order valence-corrected chi connectivity index (χ0v) is 22.6. The second-order valence-electron chi connectivity index (χ2n) is 8.89. The number of aryl methyl sites for hydroxylation is 1. The molecule has 196 valence electrons. The highest BCUT2D eigenvalue weighted by Crippen LogP contribution is 2.30. The van der Waals surface area contributed by atoms with E-state index in [4.69, 9.17) is 14.2 Å². The fraction of sp³-hybridized carbons (Fsp3) is 0.276. The number of carbonyl (C=O) groups is 1. The summed E-state index contributed by atoms with van der Waals surface area (Å²) >= 11 is 0. The number of carbonyl (C=O) groups excluding carboxylic acids is 1. The highest BCUT2D eigenvalue weighted by Gasteiger charge is 2.29. The molecule has 0 N–H and O–H groups in total. The lowest BCUT2D eigenvalue weighted by Crippen LogP contribution is -2.35. The van der Waals surface area contributed by atoms with Gasteiger partial charge < -0.3 is 14.2 Å². The van der Waals surface area contributed by atoms with Crippen molar-refractivity contribution in [1.29, 1.82) is 0 Å². The van der Waals surface area contributed by atoms with E-state index in [0.29, 0.717) is 35.3 Å². The highest BCUT2D eigenvalue weighted by molar-refractivity contribution is 7.93. The Morgan fingerprint density at radius 3 is 2.19 bits per heavy atom. The first-order valence-corrected chi connectivity index (χ1v) is 13.4. The molecule has 37 heavy (non-hydrogen) atoms. The van der Waals surface area contributed by atoms with Crippen LogP contribution in [0.25, 0.3) is 6.08 Å². The van der Waals surface area contributed by atoms with Gasteiger partial charge in [0.1, 0.15) is 5.75 Å². The summed E-state index contributed by atoms with van der Waals surface area (Å²) in [7, 11) is -1.13. The molecule has 0 aliphatic rings. The normalized spacial score (nSPS) is 11.5. The van der Waals surface area contributed by atoms with Crippen molar-refractivity contribution in [3.8, 4) is 17.2 Å². The van der Waals surface area contributed by atoms with Gasteiger partial charge in [0.25, 0.3) is 15.9 Å². The molecule has 0 saturated carbocycles. The first kappa shape index (κ1) is 27.8. The molecule has 0 spiro atoms. The van der Waals surface area contributed by atoms with E-state index in [9.17, 15) is 13.2 Å². The highest BCUT2D eigenvalue weighted by atomic mass is 32.2. The van der Waals surface area contributed by atoms with Gasteiger partial charge in [-0.25, -0.2) is 8.42 Å². The number of ether oxygens (including phenoxy) is 3. The van der Waals surface area contributed by atoms with Crippen molar-refractivity contribution in [2.45, 2.75) is 32.1 Å². The van der Waals surface area contributed by atoms with Crippen LogP contribution in [0, 0.1) is 12.8 Å². The summed E-state index contributed by atoms with van der Waals surface area (Å²) in [6.45, 7) is 6.68. The lowest BCUT2D eigenvalue weighted by molar-refractivity contribution is -0.113. The Bertz CT molecular complexity index is 1330. The Morgan fingerprint density at radius 1 is 0.919 bits per heavy atom. The molecule has 8 heteroatoms. The van der Waals surface area contributed by atoms with Crippen molar-refractivity contribution >= 4 is 27.7 Å². The predicted octanol–water partition coefficient (Wildman–Crippen LogP) is 5.87. The Labute approximate surface area is 219 Å². The summed E-state index contributed by atoms with van der Waals surface area (Å²) < 4.78 is 44.3. The van der Waals surface area contributed by atoms with Gasteiger partial charge in [0.15, 0.2) is 11.5 Å². The van der Waals surface area contributed by atoms with Crippen LogP contribution in [-0.2, 0) is 14.8 Å². The minimum Gasteiger partial charge on any atom is -0.497 e. The van der Waals surface area contributed by atoms with Gasteiger partial charge in [-0.15, -0.1) is 0 Å². The number of sulfonamides is 1. The number of hydrogen-bond donors (Lipinski definition) is 0. The minimum absolute atomic E-state index is 0.0141. The molecular weight excluding hydrogens is 490 g/mol. The number of benzene rings is 3. The number of nitrogens with zero attached hydrogens (tertiary/aromatic N) is 1. The van der Waals surface area contributed by atoms with Crippen molar-refractivity contribution in [3.63, 3.8) is 0 Å². The number of methoxy groups -OCH3 is 2. The van der Waals surface area contributed by atoms with Crippen LogP contribution in [0.3, 0.4) is 0 Å². The van der Waals surface area contributed by atoms with Gasteiger partial charge in [0.05, 0.1) is 31.4 Å². The molecule has 0 unspecified atom stereocenters. The summed E-state index contributed by atoms with van der Waals surface area (Å²) in [6, 6.07) is 17.9. The van der Waals surface area contributed by atoms with E-state index in [1.54, 1.807) is 55.7 Å². The van der Waals surface area contributed by atoms with Gasteiger partial charge in [-0.05, 0) is 79.4 Å². The molecule has 3 rings (SSSR count). The third-order valence-corrected chi connectivity index (χ3v) is 7.36. The quantitative estimate of drug-likeness (QED) is 0.292. The molecule has 1 amide bonds. The maximum absolute atomic E-state index is 13.5. The van der Waals surface area contributed by atoms with Crippen LogP contribution in [0.5, 0.6) is 17.2 Å². The fourth-order valence-corrected chi connectivity index (χ4v) is 4.85.